The largest absolute Gasteiger partial charge is 0.303 e. The third-order valence-electron chi connectivity index (χ3n) is 7.38. The van der Waals surface area contributed by atoms with Crippen LogP contribution in [0.1, 0.15) is 80.1 Å². The van der Waals surface area contributed by atoms with Crippen LogP contribution in [0.3, 0.4) is 0 Å². The SMILES string of the molecule is CC(C)(C)CCCCN1CC2C(C1)C1CN(CCCCC(C)(C)C)CC21. The van der Waals surface area contributed by atoms with Crippen LogP contribution in [0.15, 0.2) is 0 Å². The summed E-state index contributed by atoms with van der Waals surface area (Å²) in [6.45, 7) is 22.6. The average molecular weight is 363 g/mol. The van der Waals surface area contributed by atoms with Crippen LogP contribution in [0.25, 0.3) is 0 Å². The second kappa shape index (κ2) is 8.11. The van der Waals surface area contributed by atoms with Crippen molar-refractivity contribution in [2.45, 2.75) is 80.1 Å². The average Bonchev–Trinajstić information content (AvgIpc) is 3.04. The predicted molar refractivity (Wildman–Crippen MR) is 113 cm³/mol. The lowest BCUT2D eigenvalue weighted by Crippen LogP contribution is -2.44. The first-order chi connectivity index (χ1) is 12.1. The van der Waals surface area contributed by atoms with Crippen molar-refractivity contribution in [3.63, 3.8) is 0 Å². The fraction of sp³-hybridized carbons (Fsp3) is 1.00. The summed E-state index contributed by atoms with van der Waals surface area (Å²) in [5, 5.41) is 0. The van der Waals surface area contributed by atoms with Gasteiger partial charge in [-0.05, 0) is 73.3 Å². The number of likely N-dealkylation sites (tertiary alicyclic amines) is 2. The van der Waals surface area contributed by atoms with Crippen LogP contribution in [0.4, 0.5) is 0 Å². The van der Waals surface area contributed by atoms with Gasteiger partial charge < -0.3 is 9.80 Å². The summed E-state index contributed by atoms with van der Waals surface area (Å²) in [5.74, 6) is 4.17. The topological polar surface area (TPSA) is 6.48 Å². The standard InChI is InChI=1S/C24H46N2/c1-23(2,3)11-7-9-13-25-15-19-20(16-25)22-18-26(17-21(19)22)14-10-8-12-24(4,5)6/h19-22H,7-18H2,1-6H3. The summed E-state index contributed by atoms with van der Waals surface area (Å²) in [6, 6.07) is 0. The van der Waals surface area contributed by atoms with Gasteiger partial charge in [-0.15, -0.1) is 0 Å². The molecule has 2 nitrogen and oxygen atoms in total. The molecule has 26 heavy (non-hydrogen) atoms. The minimum atomic E-state index is 0.511. The van der Waals surface area contributed by atoms with Crippen molar-refractivity contribution in [3.05, 3.63) is 0 Å². The fourth-order valence-corrected chi connectivity index (χ4v) is 5.90. The van der Waals surface area contributed by atoms with Gasteiger partial charge in [0.05, 0.1) is 0 Å². The van der Waals surface area contributed by atoms with Gasteiger partial charge in [0.1, 0.15) is 0 Å². The molecule has 3 aliphatic rings. The lowest BCUT2D eigenvalue weighted by Gasteiger charge is -2.43. The lowest BCUT2D eigenvalue weighted by molar-refractivity contribution is 0.0629. The molecule has 2 saturated heterocycles. The van der Waals surface area contributed by atoms with E-state index < -0.39 is 0 Å². The summed E-state index contributed by atoms with van der Waals surface area (Å²) < 4.78 is 0. The molecule has 2 heterocycles. The van der Waals surface area contributed by atoms with Gasteiger partial charge in [0.2, 0.25) is 0 Å². The van der Waals surface area contributed by atoms with Gasteiger partial charge in [-0.2, -0.15) is 0 Å². The Kier molecular flexibility index (Phi) is 6.44. The van der Waals surface area contributed by atoms with E-state index in [1.807, 2.05) is 0 Å². The summed E-state index contributed by atoms with van der Waals surface area (Å²) in [6.07, 6.45) is 8.39. The molecular formula is C24H46N2. The van der Waals surface area contributed by atoms with Gasteiger partial charge in [0, 0.05) is 26.2 Å². The number of hydrogen-bond acceptors (Lipinski definition) is 2. The second-order valence-corrected chi connectivity index (χ2v) is 12.2. The summed E-state index contributed by atoms with van der Waals surface area (Å²) in [5.41, 5.74) is 1.02. The van der Waals surface area contributed by atoms with Crippen LogP contribution in [-0.4, -0.2) is 49.1 Å². The van der Waals surface area contributed by atoms with E-state index in [0.717, 1.165) is 23.7 Å². The van der Waals surface area contributed by atoms with Crippen molar-refractivity contribution >= 4 is 0 Å². The second-order valence-electron chi connectivity index (χ2n) is 12.2. The van der Waals surface area contributed by atoms with Gasteiger partial charge in [0.25, 0.3) is 0 Å². The van der Waals surface area contributed by atoms with Crippen molar-refractivity contribution < 1.29 is 0 Å². The van der Waals surface area contributed by atoms with E-state index in [2.05, 4.69) is 51.3 Å². The molecule has 0 radical (unpaired) electrons. The zero-order valence-electron chi connectivity index (χ0n) is 18.7. The van der Waals surface area contributed by atoms with Gasteiger partial charge in [-0.25, -0.2) is 0 Å². The highest BCUT2D eigenvalue weighted by Gasteiger charge is 2.57. The van der Waals surface area contributed by atoms with Gasteiger partial charge >= 0.3 is 0 Å². The van der Waals surface area contributed by atoms with Crippen molar-refractivity contribution in [2.24, 2.45) is 34.5 Å². The Labute approximate surface area is 164 Å². The maximum absolute atomic E-state index is 2.81. The molecule has 152 valence electrons. The molecule has 0 aromatic carbocycles. The highest BCUT2D eigenvalue weighted by molar-refractivity contribution is 5.08. The number of hydrogen-bond donors (Lipinski definition) is 0. The van der Waals surface area contributed by atoms with E-state index in [-0.39, 0.29) is 0 Å². The molecule has 1 saturated carbocycles. The minimum Gasteiger partial charge on any atom is -0.303 e. The van der Waals surface area contributed by atoms with E-state index in [0.29, 0.717) is 10.8 Å². The Morgan fingerprint density at radius 1 is 0.538 bits per heavy atom. The lowest BCUT2D eigenvalue weighted by atomic mass is 9.60. The molecule has 0 N–H and O–H groups in total. The third-order valence-corrected chi connectivity index (χ3v) is 7.38. The van der Waals surface area contributed by atoms with Crippen LogP contribution in [0.2, 0.25) is 0 Å². The predicted octanol–water partition coefficient (Wildman–Crippen LogP) is 5.53. The van der Waals surface area contributed by atoms with E-state index in [9.17, 15) is 0 Å². The summed E-state index contributed by atoms with van der Waals surface area (Å²) in [7, 11) is 0. The molecule has 3 rings (SSSR count). The maximum atomic E-state index is 2.81. The van der Waals surface area contributed by atoms with Crippen LogP contribution in [-0.2, 0) is 0 Å². The van der Waals surface area contributed by atoms with Crippen LogP contribution in [0.5, 0.6) is 0 Å². The third kappa shape index (κ3) is 5.47. The van der Waals surface area contributed by atoms with E-state index in [1.165, 1.54) is 77.8 Å². The number of rotatable bonds is 8. The van der Waals surface area contributed by atoms with Gasteiger partial charge in [-0.1, -0.05) is 54.4 Å². The Hall–Kier alpha value is -0.0800. The Morgan fingerprint density at radius 2 is 0.846 bits per heavy atom. The number of nitrogens with zero attached hydrogens (tertiary/aromatic N) is 2. The monoisotopic (exact) mass is 362 g/mol. The normalized spacial score (nSPS) is 32.5. The first-order valence-corrected chi connectivity index (χ1v) is 11.6. The minimum absolute atomic E-state index is 0.511. The van der Waals surface area contributed by atoms with Crippen molar-refractivity contribution in [1.82, 2.24) is 9.80 Å². The Morgan fingerprint density at radius 3 is 1.12 bits per heavy atom. The molecule has 0 atom stereocenters. The molecule has 0 aromatic heterocycles. The molecule has 0 unspecified atom stereocenters. The zero-order chi connectivity index (χ0) is 18.9. The molecular weight excluding hydrogens is 316 g/mol. The summed E-state index contributed by atoms with van der Waals surface area (Å²) >= 11 is 0. The Bertz CT molecular complexity index is 374. The van der Waals surface area contributed by atoms with E-state index in [1.54, 1.807) is 0 Å². The zero-order valence-corrected chi connectivity index (χ0v) is 18.7. The van der Waals surface area contributed by atoms with Crippen molar-refractivity contribution in [2.75, 3.05) is 39.3 Å². The molecule has 2 aliphatic heterocycles. The Balaban J connectivity index is 1.30. The highest BCUT2D eigenvalue weighted by atomic mass is 15.2. The smallest absolute Gasteiger partial charge is 0.00163 e. The highest BCUT2D eigenvalue weighted by Crippen LogP contribution is 2.54. The number of unbranched alkanes of at least 4 members (excludes halogenated alkanes) is 2. The molecule has 0 amide bonds. The van der Waals surface area contributed by atoms with Crippen molar-refractivity contribution in [3.8, 4) is 0 Å². The summed E-state index contributed by atoms with van der Waals surface area (Å²) in [4.78, 5) is 5.62. The number of fused-ring (bicyclic) bond motifs is 4. The molecule has 0 aromatic rings. The maximum Gasteiger partial charge on any atom is 0.00163 e. The van der Waals surface area contributed by atoms with Crippen LogP contribution in [0, 0.1) is 34.5 Å². The van der Waals surface area contributed by atoms with Crippen LogP contribution >= 0.6 is 0 Å². The van der Waals surface area contributed by atoms with Crippen LogP contribution < -0.4 is 0 Å². The van der Waals surface area contributed by atoms with Gasteiger partial charge in [-0.3, -0.25) is 0 Å². The first-order valence-electron chi connectivity index (χ1n) is 11.6. The quantitative estimate of drug-likeness (QED) is 0.524. The van der Waals surface area contributed by atoms with Gasteiger partial charge in [0.15, 0.2) is 0 Å². The molecule has 2 heteroatoms. The molecule has 3 fully saturated rings. The van der Waals surface area contributed by atoms with E-state index in [4.69, 9.17) is 0 Å². The first kappa shape index (κ1) is 20.6. The molecule has 0 bridgehead atoms. The van der Waals surface area contributed by atoms with Crippen molar-refractivity contribution in [1.29, 1.82) is 0 Å². The molecule has 1 aliphatic carbocycles. The fourth-order valence-electron chi connectivity index (χ4n) is 5.90. The van der Waals surface area contributed by atoms with E-state index >= 15 is 0 Å². The molecule has 0 spiro atoms.